The molecular weight excluding hydrogens is 621 g/mol. The molecule has 1 fully saturated rings. The molecule has 6 rings (SSSR count). The van der Waals surface area contributed by atoms with Crippen molar-refractivity contribution in [3.8, 4) is 11.1 Å². The van der Waals surface area contributed by atoms with Crippen LogP contribution < -0.4 is 5.32 Å². The topological polar surface area (TPSA) is 89.3 Å². The molecule has 0 unspecified atom stereocenters. The number of hydrogen-bond donors (Lipinski definition) is 1. The summed E-state index contributed by atoms with van der Waals surface area (Å²) in [6.45, 7) is 1.32. The van der Waals surface area contributed by atoms with Crippen LogP contribution in [-0.4, -0.2) is 57.8 Å². The molecule has 47 heavy (non-hydrogen) atoms. The predicted octanol–water partition coefficient (Wildman–Crippen LogP) is 5.69. The lowest BCUT2D eigenvalue weighted by molar-refractivity contribution is -0.142. The van der Waals surface area contributed by atoms with Crippen LogP contribution in [0.2, 0.25) is 0 Å². The van der Waals surface area contributed by atoms with E-state index in [1.54, 1.807) is 41.3 Å². The monoisotopic (exact) mass is 653 g/mol. The first-order valence-corrected chi connectivity index (χ1v) is 15.4. The van der Waals surface area contributed by atoms with Gasteiger partial charge in [0.2, 0.25) is 5.91 Å². The van der Waals surface area contributed by atoms with Crippen LogP contribution in [0.15, 0.2) is 60.8 Å². The Bertz CT molecular complexity index is 1760. The highest BCUT2D eigenvalue weighted by atomic mass is 19.4. The summed E-state index contributed by atoms with van der Waals surface area (Å²) in [5, 5.41) is 6.64. The number of morpholine rings is 1. The number of aromatic nitrogens is 3. The number of carbonyl (C=O) groups excluding carboxylic acids is 2. The SMILES string of the molecule is O=C(Cn1nc(C(F)(F)F)c2c1CCCC2)N[C@@H](Cc1cc(F)cc(F)c1)c1ncccc1-c1cccc(C(=O)N2CCOCC2)c1. The molecule has 1 saturated heterocycles. The van der Waals surface area contributed by atoms with Gasteiger partial charge in [-0.05, 0) is 73.6 Å². The molecule has 2 aromatic heterocycles. The quantitative estimate of drug-likeness (QED) is 0.247. The lowest BCUT2D eigenvalue weighted by atomic mass is 9.94. The number of fused-ring (bicyclic) bond motifs is 1. The number of benzene rings is 2. The van der Waals surface area contributed by atoms with E-state index in [9.17, 15) is 31.5 Å². The Labute approximate surface area is 267 Å². The zero-order valence-corrected chi connectivity index (χ0v) is 25.3. The summed E-state index contributed by atoms with van der Waals surface area (Å²) in [6, 6.07) is 12.4. The molecule has 0 saturated carbocycles. The van der Waals surface area contributed by atoms with Crippen LogP contribution in [0.25, 0.3) is 11.1 Å². The fourth-order valence-electron chi connectivity index (χ4n) is 6.29. The second-order valence-electron chi connectivity index (χ2n) is 11.7. The molecule has 1 aliphatic heterocycles. The third-order valence-electron chi connectivity index (χ3n) is 8.40. The molecule has 1 aliphatic carbocycles. The normalized spacial score (nSPS) is 15.6. The molecule has 4 aromatic rings. The zero-order valence-electron chi connectivity index (χ0n) is 25.3. The number of hydrogen-bond acceptors (Lipinski definition) is 5. The van der Waals surface area contributed by atoms with Gasteiger partial charge in [-0.1, -0.05) is 18.2 Å². The van der Waals surface area contributed by atoms with E-state index in [0.29, 0.717) is 73.6 Å². The van der Waals surface area contributed by atoms with Crippen molar-refractivity contribution in [3.63, 3.8) is 0 Å². The Morgan fingerprint density at radius 1 is 0.957 bits per heavy atom. The first kappa shape index (κ1) is 32.3. The van der Waals surface area contributed by atoms with Crippen LogP contribution in [-0.2, 0) is 41.5 Å². The Morgan fingerprint density at radius 2 is 1.70 bits per heavy atom. The van der Waals surface area contributed by atoms with Crippen LogP contribution >= 0.6 is 0 Å². The van der Waals surface area contributed by atoms with Gasteiger partial charge in [0.1, 0.15) is 18.2 Å². The molecular formula is C34H32F5N5O3. The van der Waals surface area contributed by atoms with E-state index in [1.807, 2.05) is 0 Å². The second-order valence-corrected chi connectivity index (χ2v) is 11.7. The highest BCUT2D eigenvalue weighted by Crippen LogP contribution is 2.36. The number of rotatable bonds is 8. The highest BCUT2D eigenvalue weighted by Gasteiger charge is 2.39. The van der Waals surface area contributed by atoms with Crippen molar-refractivity contribution >= 4 is 11.8 Å². The molecule has 2 aromatic carbocycles. The molecule has 1 N–H and O–H groups in total. The third kappa shape index (κ3) is 7.35. The van der Waals surface area contributed by atoms with Crippen molar-refractivity contribution in [2.45, 2.75) is 50.9 Å². The molecule has 0 spiro atoms. The largest absolute Gasteiger partial charge is 0.435 e. The lowest BCUT2D eigenvalue weighted by Crippen LogP contribution is -2.40. The van der Waals surface area contributed by atoms with Gasteiger partial charge >= 0.3 is 6.18 Å². The molecule has 2 amide bonds. The molecule has 246 valence electrons. The summed E-state index contributed by atoms with van der Waals surface area (Å²) in [6.07, 6.45) is -1.37. The zero-order chi connectivity index (χ0) is 33.1. The van der Waals surface area contributed by atoms with E-state index in [1.165, 1.54) is 6.20 Å². The number of amides is 2. The van der Waals surface area contributed by atoms with Gasteiger partial charge in [0, 0.05) is 47.7 Å². The van der Waals surface area contributed by atoms with E-state index in [4.69, 9.17) is 4.74 Å². The fourth-order valence-corrected chi connectivity index (χ4v) is 6.29. The summed E-state index contributed by atoms with van der Waals surface area (Å²) in [5.74, 6) is -2.42. The van der Waals surface area contributed by atoms with E-state index in [-0.39, 0.29) is 29.9 Å². The Morgan fingerprint density at radius 3 is 2.45 bits per heavy atom. The van der Waals surface area contributed by atoms with E-state index < -0.39 is 42.0 Å². The van der Waals surface area contributed by atoms with Gasteiger partial charge < -0.3 is 15.0 Å². The van der Waals surface area contributed by atoms with Crippen molar-refractivity contribution in [1.82, 2.24) is 25.0 Å². The molecule has 0 radical (unpaired) electrons. The maximum Gasteiger partial charge on any atom is 0.435 e. The summed E-state index contributed by atoms with van der Waals surface area (Å²) in [4.78, 5) is 33.0. The molecule has 1 atom stereocenters. The Hall–Kier alpha value is -4.65. The third-order valence-corrected chi connectivity index (χ3v) is 8.40. The molecule has 2 aliphatic rings. The van der Waals surface area contributed by atoms with Crippen LogP contribution in [0.1, 0.15) is 57.5 Å². The number of ether oxygens (including phenoxy) is 1. The summed E-state index contributed by atoms with van der Waals surface area (Å²) < 4.78 is 76.2. The maximum atomic E-state index is 14.2. The molecule has 8 nitrogen and oxygen atoms in total. The average Bonchev–Trinajstić information content (AvgIpc) is 3.43. The molecule has 3 heterocycles. The highest BCUT2D eigenvalue weighted by molar-refractivity contribution is 5.95. The van der Waals surface area contributed by atoms with Crippen molar-refractivity contribution < 1.29 is 36.3 Å². The second kappa shape index (κ2) is 13.6. The van der Waals surface area contributed by atoms with E-state index >= 15 is 0 Å². The summed E-state index contributed by atoms with van der Waals surface area (Å²) in [5.41, 5.74) is 1.71. The van der Waals surface area contributed by atoms with Crippen LogP contribution in [0.5, 0.6) is 0 Å². The standard InChI is InChI=1S/C34H32F5N5O3/c35-24-15-21(16-25(36)19-24)17-28(41-30(45)20-44-29-9-2-1-7-27(29)32(42-44)34(37,38)39)31-26(8-4-10-40-31)22-5-3-6-23(18-22)33(46)43-11-13-47-14-12-43/h3-6,8,10,15-16,18-19,28H,1-2,7,9,11-14,17,20H2,(H,41,45)/t28-/m0/s1. The van der Waals surface area contributed by atoms with Crippen LogP contribution in [0, 0.1) is 11.6 Å². The van der Waals surface area contributed by atoms with Gasteiger partial charge in [-0.25, -0.2) is 8.78 Å². The number of nitrogens with zero attached hydrogens (tertiary/aromatic N) is 4. The van der Waals surface area contributed by atoms with E-state index in [2.05, 4.69) is 15.4 Å². The van der Waals surface area contributed by atoms with Gasteiger partial charge in [-0.15, -0.1) is 0 Å². The summed E-state index contributed by atoms with van der Waals surface area (Å²) >= 11 is 0. The fraction of sp³-hybridized carbons (Fsp3) is 0.353. The van der Waals surface area contributed by atoms with Crippen LogP contribution in [0.4, 0.5) is 22.0 Å². The minimum atomic E-state index is -4.66. The number of carbonyl (C=O) groups is 2. The Kier molecular flexibility index (Phi) is 9.35. The first-order chi connectivity index (χ1) is 22.6. The smallest absolute Gasteiger partial charge is 0.378 e. The Balaban J connectivity index is 1.33. The minimum absolute atomic E-state index is 0.0815. The van der Waals surface area contributed by atoms with Crippen molar-refractivity contribution in [3.05, 3.63) is 106 Å². The van der Waals surface area contributed by atoms with Gasteiger partial charge in [-0.2, -0.15) is 18.3 Å². The van der Waals surface area contributed by atoms with Crippen molar-refractivity contribution in [2.75, 3.05) is 26.3 Å². The van der Waals surface area contributed by atoms with Gasteiger partial charge in [0.05, 0.1) is 24.9 Å². The number of alkyl halides is 3. The lowest BCUT2D eigenvalue weighted by Gasteiger charge is -2.27. The number of nitrogens with one attached hydrogen (secondary N) is 1. The predicted molar refractivity (Wildman–Crippen MR) is 161 cm³/mol. The molecule has 0 bridgehead atoms. The van der Waals surface area contributed by atoms with Gasteiger partial charge in [-0.3, -0.25) is 19.3 Å². The molecule has 13 heteroatoms. The minimum Gasteiger partial charge on any atom is -0.378 e. The van der Waals surface area contributed by atoms with Crippen molar-refractivity contribution in [2.24, 2.45) is 0 Å². The first-order valence-electron chi connectivity index (χ1n) is 15.4. The van der Waals surface area contributed by atoms with E-state index in [0.717, 1.165) is 22.9 Å². The van der Waals surface area contributed by atoms with Crippen LogP contribution in [0.3, 0.4) is 0 Å². The maximum absolute atomic E-state index is 14.2. The van der Waals surface area contributed by atoms with Gasteiger partial charge in [0.15, 0.2) is 5.69 Å². The summed E-state index contributed by atoms with van der Waals surface area (Å²) in [7, 11) is 0. The van der Waals surface area contributed by atoms with Gasteiger partial charge in [0.25, 0.3) is 5.91 Å². The number of halogens is 5. The van der Waals surface area contributed by atoms with Crippen molar-refractivity contribution in [1.29, 1.82) is 0 Å². The number of pyridine rings is 1. The average molecular weight is 654 g/mol.